The number of rotatable bonds is 6. The summed E-state index contributed by atoms with van der Waals surface area (Å²) in [5.74, 6) is 0.360. The summed E-state index contributed by atoms with van der Waals surface area (Å²) < 4.78 is 39.5. The van der Waals surface area contributed by atoms with Crippen molar-refractivity contribution in [3.8, 4) is 0 Å². The monoisotopic (exact) mass is 393 g/mol. The van der Waals surface area contributed by atoms with Gasteiger partial charge in [-0.1, -0.05) is 41.9 Å². The van der Waals surface area contributed by atoms with Crippen LogP contribution in [-0.4, -0.2) is 21.7 Å². The minimum atomic E-state index is -4.56. The minimum Gasteiger partial charge on any atom is -0.368 e. The molecule has 3 rings (SSSR count). The zero-order valence-electron chi connectivity index (χ0n) is 14.0. The van der Waals surface area contributed by atoms with Crippen molar-refractivity contribution in [2.75, 3.05) is 17.2 Å². The molecule has 0 aliphatic rings. The number of nitrogens with one attached hydrogen (secondary N) is 2. The lowest BCUT2D eigenvalue weighted by molar-refractivity contribution is -0.136. The van der Waals surface area contributed by atoms with Crippen molar-refractivity contribution in [3.05, 3.63) is 70.9 Å². The van der Waals surface area contributed by atoms with Gasteiger partial charge in [0.05, 0.1) is 17.4 Å². The van der Waals surface area contributed by atoms with Gasteiger partial charge in [0.15, 0.2) is 5.82 Å². The van der Waals surface area contributed by atoms with Crippen molar-refractivity contribution in [1.29, 1.82) is 0 Å². The molecule has 0 saturated carbocycles. The smallest absolute Gasteiger partial charge is 0.368 e. The molecular formula is C18H15ClF3N5. The average molecular weight is 394 g/mol. The van der Waals surface area contributed by atoms with E-state index in [1.165, 1.54) is 18.3 Å². The quantitative estimate of drug-likeness (QED) is 0.621. The molecule has 0 radical (unpaired) electrons. The highest BCUT2D eigenvalue weighted by Gasteiger charge is 2.34. The van der Waals surface area contributed by atoms with Gasteiger partial charge in [0.1, 0.15) is 0 Å². The summed E-state index contributed by atoms with van der Waals surface area (Å²) in [6.45, 7) is 0.594. The van der Waals surface area contributed by atoms with Crippen LogP contribution < -0.4 is 10.6 Å². The maximum atomic E-state index is 13.2. The maximum Gasteiger partial charge on any atom is 0.418 e. The zero-order chi connectivity index (χ0) is 19.3. The number of benzene rings is 2. The molecule has 2 aromatic carbocycles. The molecule has 0 saturated heterocycles. The first-order valence-electron chi connectivity index (χ1n) is 8.03. The van der Waals surface area contributed by atoms with Gasteiger partial charge in [-0.2, -0.15) is 23.3 Å². The molecule has 0 atom stereocenters. The molecule has 9 heteroatoms. The van der Waals surface area contributed by atoms with Gasteiger partial charge >= 0.3 is 6.18 Å². The van der Waals surface area contributed by atoms with Crippen LogP contribution in [0.2, 0.25) is 5.02 Å². The molecule has 0 spiro atoms. The van der Waals surface area contributed by atoms with Gasteiger partial charge in [0, 0.05) is 11.6 Å². The summed E-state index contributed by atoms with van der Waals surface area (Å²) >= 11 is 5.68. The Balaban J connectivity index is 1.69. The Morgan fingerprint density at radius 1 is 1.04 bits per heavy atom. The summed E-state index contributed by atoms with van der Waals surface area (Å²) in [6.07, 6.45) is -2.39. The number of anilines is 3. The molecule has 1 heterocycles. The molecule has 0 aliphatic heterocycles. The number of alkyl halides is 3. The Labute approximate surface area is 158 Å². The lowest BCUT2D eigenvalue weighted by atomic mass is 10.1. The lowest BCUT2D eigenvalue weighted by Gasteiger charge is -2.14. The topological polar surface area (TPSA) is 62.7 Å². The molecule has 0 fully saturated rings. The van der Waals surface area contributed by atoms with Gasteiger partial charge in [-0.05, 0) is 30.2 Å². The third-order valence-electron chi connectivity index (χ3n) is 3.65. The van der Waals surface area contributed by atoms with E-state index < -0.39 is 11.7 Å². The van der Waals surface area contributed by atoms with Crippen LogP contribution in [0.3, 0.4) is 0 Å². The summed E-state index contributed by atoms with van der Waals surface area (Å²) in [4.78, 5) is 4.15. The SMILES string of the molecule is FC(F)(F)c1cc(Cl)ccc1Nc1nncc(NCCc2ccccc2)n1. The summed E-state index contributed by atoms with van der Waals surface area (Å²) in [5, 5.41) is 13.1. The van der Waals surface area contributed by atoms with Gasteiger partial charge in [-0.25, -0.2) is 0 Å². The predicted octanol–water partition coefficient (Wildman–Crippen LogP) is 4.94. The molecule has 3 aromatic rings. The normalized spacial score (nSPS) is 11.3. The molecular weight excluding hydrogens is 379 g/mol. The van der Waals surface area contributed by atoms with E-state index in [2.05, 4.69) is 25.8 Å². The standard InChI is InChI=1S/C18H15ClF3N5/c19-13-6-7-15(14(10-13)18(20,21)22)25-17-26-16(11-24-27-17)23-9-8-12-4-2-1-3-5-12/h1-7,10-11H,8-9H2,(H2,23,25,26,27). The highest BCUT2D eigenvalue weighted by atomic mass is 35.5. The maximum absolute atomic E-state index is 13.2. The zero-order valence-corrected chi connectivity index (χ0v) is 14.7. The van der Waals surface area contributed by atoms with Crippen LogP contribution in [0.15, 0.2) is 54.7 Å². The third kappa shape index (κ3) is 5.30. The summed E-state index contributed by atoms with van der Waals surface area (Å²) in [7, 11) is 0. The minimum absolute atomic E-state index is 0.0109. The van der Waals surface area contributed by atoms with Crippen LogP contribution in [0.1, 0.15) is 11.1 Å². The predicted molar refractivity (Wildman–Crippen MR) is 98.2 cm³/mol. The van der Waals surface area contributed by atoms with Crippen LogP contribution in [-0.2, 0) is 12.6 Å². The Kier molecular flexibility index (Phi) is 5.75. The number of hydrogen-bond acceptors (Lipinski definition) is 5. The molecule has 140 valence electrons. The van der Waals surface area contributed by atoms with E-state index in [1.807, 2.05) is 30.3 Å². The first-order chi connectivity index (χ1) is 12.9. The van der Waals surface area contributed by atoms with Crippen molar-refractivity contribution in [1.82, 2.24) is 15.2 Å². The number of hydrogen-bond donors (Lipinski definition) is 2. The van der Waals surface area contributed by atoms with E-state index >= 15 is 0 Å². The van der Waals surface area contributed by atoms with Crippen molar-refractivity contribution < 1.29 is 13.2 Å². The van der Waals surface area contributed by atoms with E-state index in [0.717, 1.165) is 18.1 Å². The molecule has 0 unspecified atom stereocenters. The second kappa shape index (κ2) is 8.22. The second-order valence-corrected chi connectivity index (χ2v) is 6.08. The van der Waals surface area contributed by atoms with Crippen molar-refractivity contribution >= 4 is 29.1 Å². The molecule has 0 aliphatic carbocycles. The molecule has 1 aromatic heterocycles. The van der Waals surface area contributed by atoms with Gasteiger partial charge in [0.25, 0.3) is 0 Å². The lowest BCUT2D eigenvalue weighted by Crippen LogP contribution is -2.11. The molecule has 0 amide bonds. The Hall–Kier alpha value is -2.87. The van der Waals surface area contributed by atoms with Crippen molar-refractivity contribution in [2.45, 2.75) is 12.6 Å². The van der Waals surface area contributed by atoms with E-state index in [-0.39, 0.29) is 16.7 Å². The number of halogens is 4. The van der Waals surface area contributed by atoms with E-state index in [9.17, 15) is 13.2 Å². The molecule has 2 N–H and O–H groups in total. The molecule has 0 bridgehead atoms. The Morgan fingerprint density at radius 2 is 1.81 bits per heavy atom. The summed E-state index contributed by atoms with van der Waals surface area (Å²) in [5.41, 5.74) is 0.0533. The van der Waals surface area contributed by atoms with E-state index in [4.69, 9.17) is 11.6 Å². The highest BCUT2D eigenvalue weighted by Crippen LogP contribution is 2.37. The van der Waals surface area contributed by atoms with E-state index in [1.54, 1.807) is 0 Å². The average Bonchev–Trinajstić information content (AvgIpc) is 2.64. The van der Waals surface area contributed by atoms with Crippen LogP contribution in [0.25, 0.3) is 0 Å². The third-order valence-corrected chi connectivity index (χ3v) is 3.89. The summed E-state index contributed by atoms with van der Waals surface area (Å²) in [6, 6.07) is 13.3. The first kappa shape index (κ1) is 18.9. The van der Waals surface area contributed by atoms with Crippen LogP contribution >= 0.6 is 11.6 Å². The Bertz CT molecular complexity index is 903. The Morgan fingerprint density at radius 3 is 2.56 bits per heavy atom. The van der Waals surface area contributed by atoms with Crippen molar-refractivity contribution in [3.63, 3.8) is 0 Å². The van der Waals surface area contributed by atoms with Gasteiger partial charge in [-0.3, -0.25) is 0 Å². The van der Waals surface area contributed by atoms with E-state index in [0.29, 0.717) is 12.4 Å². The number of aromatic nitrogens is 3. The van der Waals surface area contributed by atoms with Crippen LogP contribution in [0, 0.1) is 0 Å². The second-order valence-electron chi connectivity index (χ2n) is 5.64. The highest BCUT2D eigenvalue weighted by molar-refractivity contribution is 6.30. The molecule has 27 heavy (non-hydrogen) atoms. The fourth-order valence-electron chi connectivity index (χ4n) is 2.40. The van der Waals surface area contributed by atoms with Crippen LogP contribution in [0.5, 0.6) is 0 Å². The first-order valence-corrected chi connectivity index (χ1v) is 8.41. The van der Waals surface area contributed by atoms with Gasteiger partial charge in [0.2, 0.25) is 5.95 Å². The van der Waals surface area contributed by atoms with Crippen LogP contribution in [0.4, 0.5) is 30.6 Å². The fourth-order valence-corrected chi connectivity index (χ4v) is 2.57. The van der Waals surface area contributed by atoms with Gasteiger partial charge < -0.3 is 10.6 Å². The number of nitrogens with zero attached hydrogens (tertiary/aromatic N) is 3. The van der Waals surface area contributed by atoms with Gasteiger partial charge in [-0.15, -0.1) is 5.10 Å². The molecule has 5 nitrogen and oxygen atoms in total. The fraction of sp³-hybridized carbons (Fsp3) is 0.167. The largest absolute Gasteiger partial charge is 0.418 e. The van der Waals surface area contributed by atoms with Crippen molar-refractivity contribution in [2.24, 2.45) is 0 Å².